The van der Waals surface area contributed by atoms with E-state index in [1.54, 1.807) is 0 Å². The highest BCUT2D eigenvalue weighted by molar-refractivity contribution is 5.93. The van der Waals surface area contributed by atoms with E-state index in [0.717, 1.165) is 11.1 Å². The molecule has 0 N–H and O–H groups in total. The maximum absolute atomic E-state index is 12.0. The molecule has 1 unspecified atom stereocenters. The van der Waals surface area contributed by atoms with Crippen molar-refractivity contribution in [3.8, 4) is 0 Å². The summed E-state index contributed by atoms with van der Waals surface area (Å²) in [5.41, 5.74) is 3.55. The molecule has 1 aliphatic carbocycles. The van der Waals surface area contributed by atoms with Gasteiger partial charge in [-0.25, -0.2) is 0 Å². The van der Waals surface area contributed by atoms with E-state index in [2.05, 4.69) is 30.3 Å². The van der Waals surface area contributed by atoms with Crippen LogP contribution in [-0.4, -0.2) is 5.78 Å². The number of benzene rings is 2. The van der Waals surface area contributed by atoms with Gasteiger partial charge in [0.2, 0.25) is 0 Å². The van der Waals surface area contributed by atoms with Crippen LogP contribution in [0.2, 0.25) is 0 Å². The van der Waals surface area contributed by atoms with Gasteiger partial charge in [-0.05, 0) is 16.7 Å². The second-order valence-corrected chi connectivity index (χ2v) is 4.99. The van der Waals surface area contributed by atoms with Crippen molar-refractivity contribution in [2.75, 3.05) is 0 Å². The van der Waals surface area contributed by atoms with E-state index in [-0.39, 0.29) is 5.92 Å². The van der Waals surface area contributed by atoms with Crippen LogP contribution in [0, 0.1) is 0 Å². The molecule has 1 atom stereocenters. The second kappa shape index (κ2) is 5.23. The van der Waals surface area contributed by atoms with E-state index in [1.807, 2.05) is 36.4 Å². The number of ketones is 1. The van der Waals surface area contributed by atoms with Gasteiger partial charge in [-0.3, -0.25) is 4.79 Å². The molecule has 3 rings (SSSR count). The average molecular weight is 248 g/mol. The van der Waals surface area contributed by atoms with Gasteiger partial charge in [-0.2, -0.15) is 0 Å². The molecule has 2 aromatic carbocycles. The molecule has 0 aromatic heterocycles. The first kappa shape index (κ1) is 11.9. The van der Waals surface area contributed by atoms with Crippen LogP contribution < -0.4 is 0 Å². The Bertz CT molecular complexity index is 596. The lowest BCUT2D eigenvalue weighted by Crippen LogP contribution is -2.12. The van der Waals surface area contributed by atoms with Gasteiger partial charge < -0.3 is 0 Å². The van der Waals surface area contributed by atoms with Crippen molar-refractivity contribution >= 4 is 11.4 Å². The molecule has 0 saturated carbocycles. The summed E-state index contributed by atoms with van der Waals surface area (Å²) in [6.45, 7) is 0. The van der Waals surface area contributed by atoms with Crippen LogP contribution in [0.1, 0.15) is 29.9 Å². The number of hydrogen-bond donors (Lipinski definition) is 0. The number of allylic oxidation sites excluding steroid dienone is 2. The van der Waals surface area contributed by atoms with Gasteiger partial charge in [0.15, 0.2) is 0 Å². The fourth-order valence-corrected chi connectivity index (χ4v) is 2.66. The van der Waals surface area contributed by atoms with Gasteiger partial charge in [-0.1, -0.05) is 66.7 Å². The quantitative estimate of drug-likeness (QED) is 0.777. The normalized spacial score (nSPS) is 19.1. The van der Waals surface area contributed by atoms with Gasteiger partial charge in [-0.15, -0.1) is 0 Å². The van der Waals surface area contributed by atoms with Crippen molar-refractivity contribution in [1.29, 1.82) is 0 Å². The molecule has 0 saturated heterocycles. The number of carbonyl (C=O) groups is 1. The van der Waals surface area contributed by atoms with Crippen LogP contribution in [0.25, 0.3) is 5.57 Å². The zero-order valence-electron chi connectivity index (χ0n) is 10.8. The largest absolute Gasteiger partial charge is 0.299 e. The molecule has 2 aromatic rings. The van der Waals surface area contributed by atoms with Crippen LogP contribution in [0.15, 0.2) is 66.7 Å². The fourth-order valence-electron chi connectivity index (χ4n) is 2.66. The van der Waals surface area contributed by atoms with Crippen LogP contribution in [0.4, 0.5) is 0 Å². The predicted octanol–water partition coefficient (Wildman–Crippen LogP) is 4.22. The Morgan fingerprint density at radius 3 is 2.16 bits per heavy atom. The highest BCUT2D eigenvalue weighted by Gasteiger charge is 2.21. The molecule has 0 amide bonds. The van der Waals surface area contributed by atoms with E-state index < -0.39 is 0 Å². The number of Topliss-reactive ketones (excluding diaryl/α,β-unsaturated/α-hetero) is 1. The molecule has 0 bridgehead atoms. The Labute approximate surface area is 113 Å². The Morgan fingerprint density at radius 1 is 0.842 bits per heavy atom. The molecule has 1 nitrogen and oxygen atoms in total. The second-order valence-electron chi connectivity index (χ2n) is 4.99. The standard InChI is InChI=1S/C18H16O/c19-18-12-16(14-7-3-1-4-8-14)11-17(13-18)15-9-5-2-6-10-15/h1-11,16H,12-13H2. The molecule has 19 heavy (non-hydrogen) atoms. The van der Waals surface area contributed by atoms with Gasteiger partial charge >= 0.3 is 0 Å². The fraction of sp³-hybridized carbons (Fsp3) is 0.167. The smallest absolute Gasteiger partial charge is 0.138 e. The lowest BCUT2D eigenvalue weighted by atomic mass is 9.83. The van der Waals surface area contributed by atoms with E-state index in [1.165, 1.54) is 5.56 Å². The maximum Gasteiger partial charge on any atom is 0.138 e. The molecular formula is C18H16O. The molecular weight excluding hydrogens is 232 g/mol. The summed E-state index contributed by atoms with van der Waals surface area (Å²) < 4.78 is 0. The summed E-state index contributed by atoms with van der Waals surface area (Å²) in [4.78, 5) is 12.0. The Hall–Kier alpha value is -2.15. The Morgan fingerprint density at radius 2 is 1.47 bits per heavy atom. The summed E-state index contributed by atoms with van der Waals surface area (Å²) in [6, 6.07) is 20.5. The minimum atomic E-state index is 0.220. The van der Waals surface area contributed by atoms with Crippen molar-refractivity contribution in [3.05, 3.63) is 77.9 Å². The molecule has 94 valence electrons. The molecule has 0 heterocycles. The number of rotatable bonds is 2. The first-order valence-corrected chi connectivity index (χ1v) is 6.66. The Kier molecular flexibility index (Phi) is 3.28. The third-order valence-electron chi connectivity index (χ3n) is 3.61. The van der Waals surface area contributed by atoms with Crippen molar-refractivity contribution in [2.45, 2.75) is 18.8 Å². The van der Waals surface area contributed by atoms with Crippen LogP contribution in [0.5, 0.6) is 0 Å². The van der Waals surface area contributed by atoms with Crippen molar-refractivity contribution in [2.24, 2.45) is 0 Å². The molecule has 1 aliphatic rings. The number of carbonyl (C=O) groups excluding carboxylic acids is 1. The number of hydrogen-bond acceptors (Lipinski definition) is 1. The monoisotopic (exact) mass is 248 g/mol. The predicted molar refractivity (Wildman–Crippen MR) is 77.8 cm³/mol. The van der Waals surface area contributed by atoms with Crippen molar-refractivity contribution in [3.63, 3.8) is 0 Å². The molecule has 1 heteroatoms. The SMILES string of the molecule is O=C1CC(c2ccccc2)=CC(c2ccccc2)C1. The average Bonchev–Trinajstić information content (AvgIpc) is 2.48. The van der Waals surface area contributed by atoms with Crippen LogP contribution in [-0.2, 0) is 4.79 Å². The summed E-state index contributed by atoms with van der Waals surface area (Å²) in [6.07, 6.45) is 3.44. The zero-order chi connectivity index (χ0) is 13.1. The first-order chi connectivity index (χ1) is 9.33. The topological polar surface area (TPSA) is 17.1 Å². The van der Waals surface area contributed by atoms with Gasteiger partial charge in [0, 0.05) is 18.8 Å². The van der Waals surface area contributed by atoms with Crippen molar-refractivity contribution < 1.29 is 4.79 Å². The molecule has 0 aliphatic heterocycles. The highest BCUT2D eigenvalue weighted by atomic mass is 16.1. The summed E-state index contributed by atoms with van der Waals surface area (Å²) in [7, 11) is 0. The lowest BCUT2D eigenvalue weighted by Gasteiger charge is -2.21. The minimum Gasteiger partial charge on any atom is -0.299 e. The van der Waals surface area contributed by atoms with E-state index >= 15 is 0 Å². The van der Waals surface area contributed by atoms with Gasteiger partial charge in [0.25, 0.3) is 0 Å². The third kappa shape index (κ3) is 2.65. The van der Waals surface area contributed by atoms with E-state index in [0.29, 0.717) is 18.6 Å². The molecule has 0 spiro atoms. The van der Waals surface area contributed by atoms with E-state index in [9.17, 15) is 4.79 Å². The van der Waals surface area contributed by atoms with Crippen LogP contribution >= 0.6 is 0 Å². The minimum absolute atomic E-state index is 0.220. The van der Waals surface area contributed by atoms with Crippen molar-refractivity contribution in [1.82, 2.24) is 0 Å². The maximum atomic E-state index is 12.0. The summed E-state index contributed by atoms with van der Waals surface area (Å²) >= 11 is 0. The first-order valence-electron chi connectivity index (χ1n) is 6.66. The summed E-state index contributed by atoms with van der Waals surface area (Å²) in [5.74, 6) is 0.549. The lowest BCUT2D eigenvalue weighted by molar-refractivity contribution is -0.118. The molecule has 0 radical (unpaired) electrons. The van der Waals surface area contributed by atoms with Gasteiger partial charge in [0.05, 0.1) is 0 Å². The van der Waals surface area contributed by atoms with Gasteiger partial charge in [0.1, 0.15) is 5.78 Å². The Balaban J connectivity index is 1.97. The van der Waals surface area contributed by atoms with Crippen LogP contribution in [0.3, 0.4) is 0 Å². The third-order valence-corrected chi connectivity index (χ3v) is 3.61. The summed E-state index contributed by atoms with van der Waals surface area (Å²) in [5, 5.41) is 0. The van der Waals surface area contributed by atoms with E-state index in [4.69, 9.17) is 0 Å². The zero-order valence-corrected chi connectivity index (χ0v) is 10.8. The highest BCUT2D eigenvalue weighted by Crippen LogP contribution is 2.33. The molecule has 0 fully saturated rings.